The highest BCUT2D eigenvalue weighted by atomic mass is 16.5. The molecule has 1 aliphatic carbocycles. The van der Waals surface area contributed by atoms with Crippen LogP contribution in [0.2, 0.25) is 0 Å². The second-order valence-electron chi connectivity index (χ2n) is 9.74. The Morgan fingerprint density at radius 1 is 1.00 bits per heavy atom. The van der Waals surface area contributed by atoms with Crippen LogP contribution in [0.3, 0.4) is 0 Å². The fourth-order valence-corrected chi connectivity index (χ4v) is 4.86. The van der Waals surface area contributed by atoms with Gasteiger partial charge in [-0.15, -0.1) is 0 Å². The first-order valence-corrected chi connectivity index (χ1v) is 13.0. The number of benzene rings is 2. The maximum atomic E-state index is 12.8. The number of aromatic nitrogens is 1. The molecule has 0 aliphatic heterocycles. The Morgan fingerprint density at radius 2 is 1.68 bits per heavy atom. The molecule has 1 aliphatic rings. The van der Waals surface area contributed by atoms with Crippen molar-refractivity contribution in [2.45, 2.75) is 57.2 Å². The lowest BCUT2D eigenvalue weighted by Gasteiger charge is -2.30. The van der Waals surface area contributed by atoms with Crippen LogP contribution >= 0.6 is 0 Å². The lowest BCUT2D eigenvalue weighted by atomic mass is 9.91. The molecule has 1 fully saturated rings. The predicted octanol–water partition coefficient (Wildman–Crippen LogP) is 4.50. The van der Waals surface area contributed by atoms with Crippen LogP contribution in [0, 0.1) is 0 Å². The quantitative estimate of drug-likeness (QED) is 0.372. The number of hydrogen-bond acceptors (Lipinski definition) is 6. The Hall–Kier alpha value is -3.81. The van der Waals surface area contributed by atoms with E-state index in [1.54, 1.807) is 6.92 Å². The molecule has 3 aromatic rings. The summed E-state index contributed by atoms with van der Waals surface area (Å²) in [7, 11) is 4.08. The number of esters is 1. The van der Waals surface area contributed by atoms with Crippen molar-refractivity contribution >= 4 is 34.4 Å². The number of anilines is 2. The Labute approximate surface area is 218 Å². The maximum Gasteiger partial charge on any atom is 0.329 e. The zero-order valence-corrected chi connectivity index (χ0v) is 21.9. The number of amides is 2. The summed E-state index contributed by atoms with van der Waals surface area (Å²) in [5.74, 6) is 0.448. The molecule has 1 heterocycles. The molecule has 0 saturated heterocycles. The fraction of sp³-hybridized carbons (Fsp3) is 0.414. The molecule has 0 spiro atoms. The standard InChI is InChI=1S/C29H37N5O3/c1-4-37-28(35)25(18-20-10-6-5-7-11-20)33-29(36)31-22-16-14-21(15-17-22)30-27-19-26(34(2)3)23-12-8-9-13-24(23)32-27/h5-13,19,21-22,25H,4,14-18H2,1-3H3,(H,30,32)(H2,31,33,36)/t21?,22?,25-/m0/s1. The molecule has 0 unspecified atom stereocenters. The van der Waals surface area contributed by atoms with Gasteiger partial charge < -0.3 is 25.6 Å². The van der Waals surface area contributed by atoms with E-state index in [-0.39, 0.29) is 24.7 Å². The summed E-state index contributed by atoms with van der Waals surface area (Å²) < 4.78 is 5.19. The van der Waals surface area contributed by atoms with E-state index >= 15 is 0 Å². The number of pyridine rings is 1. The van der Waals surface area contributed by atoms with Gasteiger partial charge in [0.05, 0.1) is 12.1 Å². The van der Waals surface area contributed by atoms with Gasteiger partial charge in [0.1, 0.15) is 11.9 Å². The van der Waals surface area contributed by atoms with Gasteiger partial charge in [-0.25, -0.2) is 14.6 Å². The lowest BCUT2D eigenvalue weighted by Crippen LogP contribution is -2.51. The minimum Gasteiger partial charge on any atom is -0.464 e. The highest BCUT2D eigenvalue weighted by Gasteiger charge is 2.26. The number of carbonyl (C=O) groups excluding carboxylic acids is 2. The van der Waals surface area contributed by atoms with Gasteiger partial charge in [0.2, 0.25) is 0 Å². The second-order valence-corrected chi connectivity index (χ2v) is 9.74. The summed E-state index contributed by atoms with van der Waals surface area (Å²) in [6.07, 6.45) is 3.92. The first kappa shape index (κ1) is 26.3. The maximum absolute atomic E-state index is 12.8. The minimum atomic E-state index is -0.731. The van der Waals surface area contributed by atoms with Crippen LogP contribution in [0.5, 0.6) is 0 Å². The minimum absolute atomic E-state index is 0.0551. The van der Waals surface area contributed by atoms with E-state index in [4.69, 9.17) is 9.72 Å². The largest absolute Gasteiger partial charge is 0.464 e. The van der Waals surface area contributed by atoms with Crippen LogP contribution in [-0.2, 0) is 16.0 Å². The molecule has 37 heavy (non-hydrogen) atoms. The molecule has 196 valence electrons. The number of nitrogens with zero attached hydrogens (tertiary/aromatic N) is 2. The number of ether oxygens (including phenoxy) is 1. The molecular weight excluding hydrogens is 466 g/mol. The molecular formula is C29H37N5O3. The summed E-state index contributed by atoms with van der Waals surface area (Å²) in [5, 5.41) is 10.6. The average Bonchev–Trinajstić information content (AvgIpc) is 2.89. The SMILES string of the molecule is CCOC(=O)[C@H](Cc1ccccc1)NC(=O)NC1CCC(Nc2cc(N(C)C)c3ccccc3n2)CC1. The average molecular weight is 504 g/mol. The predicted molar refractivity (Wildman–Crippen MR) is 148 cm³/mol. The third-order valence-corrected chi connectivity index (χ3v) is 6.75. The van der Waals surface area contributed by atoms with Gasteiger partial charge in [0.15, 0.2) is 0 Å². The summed E-state index contributed by atoms with van der Waals surface area (Å²) in [6, 6.07) is 19.2. The number of para-hydroxylation sites is 1. The van der Waals surface area contributed by atoms with E-state index < -0.39 is 12.0 Å². The van der Waals surface area contributed by atoms with Crippen LogP contribution < -0.4 is 20.9 Å². The smallest absolute Gasteiger partial charge is 0.329 e. The van der Waals surface area contributed by atoms with Gasteiger partial charge in [-0.1, -0.05) is 48.5 Å². The fourth-order valence-electron chi connectivity index (χ4n) is 4.86. The number of rotatable bonds is 9. The summed E-state index contributed by atoms with van der Waals surface area (Å²) in [6.45, 7) is 2.03. The van der Waals surface area contributed by atoms with Crippen LogP contribution in [-0.4, -0.2) is 55.8 Å². The van der Waals surface area contributed by atoms with Gasteiger partial charge in [-0.3, -0.25) is 0 Å². The Balaban J connectivity index is 1.31. The monoisotopic (exact) mass is 503 g/mol. The van der Waals surface area contributed by atoms with E-state index in [1.165, 1.54) is 0 Å². The number of hydrogen-bond donors (Lipinski definition) is 3. The third-order valence-electron chi connectivity index (χ3n) is 6.75. The van der Waals surface area contributed by atoms with Gasteiger partial charge in [0.25, 0.3) is 0 Å². The van der Waals surface area contributed by atoms with Crippen molar-refractivity contribution in [2.24, 2.45) is 0 Å². The molecule has 2 amide bonds. The van der Waals surface area contributed by atoms with Gasteiger partial charge in [-0.05, 0) is 44.2 Å². The lowest BCUT2D eigenvalue weighted by molar-refractivity contribution is -0.145. The van der Waals surface area contributed by atoms with Crippen LogP contribution in [0.4, 0.5) is 16.3 Å². The van der Waals surface area contributed by atoms with Crippen LogP contribution in [0.25, 0.3) is 10.9 Å². The first-order chi connectivity index (χ1) is 17.9. The van der Waals surface area contributed by atoms with E-state index in [0.29, 0.717) is 6.42 Å². The third kappa shape index (κ3) is 7.12. The van der Waals surface area contributed by atoms with E-state index in [1.807, 2.05) is 62.6 Å². The van der Waals surface area contributed by atoms with Gasteiger partial charge >= 0.3 is 12.0 Å². The normalized spacial score (nSPS) is 18.0. The molecule has 8 heteroatoms. The molecule has 3 N–H and O–H groups in total. The van der Waals surface area contributed by atoms with E-state index in [0.717, 1.165) is 53.7 Å². The molecule has 2 aromatic carbocycles. The molecule has 1 atom stereocenters. The van der Waals surface area contributed by atoms with Crippen molar-refractivity contribution < 1.29 is 14.3 Å². The second kappa shape index (κ2) is 12.4. The Morgan fingerprint density at radius 3 is 2.38 bits per heavy atom. The van der Waals surface area contributed by atoms with Crippen molar-refractivity contribution in [3.8, 4) is 0 Å². The molecule has 1 saturated carbocycles. The highest BCUT2D eigenvalue weighted by Crippen LogP contribution is 2.29. The van der Waals surface area contributed by atoms with Crippen molar-refractivity contribution in [1.29, 1.82) is 0 Å². The Bertz CT molecular complexity index is 1190. The van der Waals surface area contributed by atoms with E-state index in [2.05, 4.69) is 33.0 Å². The first-order valence-electron chi connectivity index (χ1n) is 13.0. The van der Waals surface area contributed by atoms with Gasteiger partial charge in [0, 0.05) is 49.7 Å². The van der Waals surface area contributed by atoms with Crippen LogP contribution in [0.15, 0.2) is 60.7 Å². The molecule has 8 nitrogen and oxygen atoms in total. The highest BCUT2D eigenvalue weighted by molar-refractivity contribution is 5.93. The number of fused-ring (bicyclic) bond motifs is 1. The number of nitrogens with one attached hydrogen (secondary N) is 3. The molecule has 1 aromatic heterocycles. The summed E-state index contributed by atoms with van der Waals surface area (Å²) in [5.41, 5.74) is 3.06. The number of carbonyl (C=O) groups is 2. The summed E-state index contributed by atoms with van der Waals surface area (Å²) in [4.78, 5) is 32.1. The zero-order valence-electron chi connectivity index (χ0n) is 21.9. The Kier molecular flexibility index (Phi) is 8.82. The number of urea groups is 1. The van der Waals surface area contributed by atoms with Crippen molar-refractivity contribution in [3.63, 3.8) is 0 Å². The van der Waals surface area contributed by atoms with E-state index in [9.17, 15) is 9.59 Å². The van der Waals surface area contributed by atoms with Crippen molar-refractivity contribution in [3.05, 3.63) is 66.2 Å². The molecule has 0 bridgehead atoms. The summed E-state index contributed by atoms with van der Waals surface area (Å²) >= 11 is 0. The van der Waals surface area contributed by atoms with Gasteiger partial charge in [-0.2, -0.15) is 0 Å². The van der Waals surface area contributed by atoms with Crippen molar-refractivity contribution in [1.82, 2.24) is 15.6 Å². The molecule has 0 radical (unpaired) electrons. The zero-order chi connectivity index (χ0) is 26.2. The van der Waals surface area contributed by atoms with Crippen molar-refractivity contribution in [2.75, 3.05) is 30.9 Å². The molecule has 4 rings (SSSR count). The topological polar surface area (TPSA) is 95.6 Å². The van der Waals surface area contributed by atoms with Crippen LogP contribution in [0.1, 0.15) is 38.2 Å².